The summed E-state index contributed by atoms with van der Waals surface area (Å²) in [4.78, 5) is 4.39. The van der Waals surface area contributed by atoms with E-state index in [4.69, 9.17) is 18.9 Å². The van der Waals surface area contributed by atoms with Crippen molar-refractivity contribution in [3.8, 4) is 45.3 Å². The number of fused-ring (bicyclic) bond motifs is 3. The first kappa shape index (κ1) is 47.2. The van der Waals surface area contributed by atoms with Crippen molar-refractivity contribution in [3.05, 3.63) is 218 Å². The fourth-order valence-electron chi connectivity index (χ4n) is 9.71. The molecule has 72 heavy (non-hydrogen) atoms. The minimum atomic E-state index is -4.44. The van der Waals surface area contributed by atoms with Gasteiger partial charge in [-0.1, -0.05) is 78.9 Å². The Morgan fingerprint density at radius 3 is 1.04 bits per heavy atom. The lowest BCUT2D eigenvalue weighted by Crippen LogP contribution is -2.15. The highest BCUT2D eigenvalue weighted by Crippen LogP contribution is 2.45. The molecular formula is C61H53N3O7S. The molecule has 0 radical (unpaired) electrons. The van der Waals surface area contributed by atoms with Gasteiger partial charge in [0.2, 0.25) is 0 Å². The van der Waals surface area contributed by atoms with Crippen LogP contribution >= 0.6 is 0 Å². The van der Waals surface area contributed by atoms with Crippen molar-refractivity contribution in [2.75, 3.05) is 38.2 Å². The van der Waals surface area contributed by atoms with E-state index in [9.17, 15) is 13.0 Å². The Bertz CT molecular complexity index is 3270. The maximum absolute atomic E-state index is 13.0. The first-order chi connectivity index (χ1) is 35.1. The molecule has 10 rings (SSSR count). The lowest BCUT2D eigenvalue weighted by molar-refractivity contribution is 0.414. The number of aromatic nitrogens is 1. The SMILES string of the molecule is COc1ccc(N(c2ccc(OC)cc2)c2ccc(-c3cccc4c3c3c(-c5ccc(N(c6ccc(OC)cc6)c6ccc(OC)cc6)cc5)cccc3n4CCC(c3ccccc3)S(=O)(=O)O)cc2)cc1. The predicted octanol–water partition coefficient (Wildman–Crippen LogP) is 15.1. The van der Waals surface area contributed by atoms with Gasteiger partial charge >= 0.3 is 0 Å². The summed E-state index contributed by atoms with van der Waals surface area (Å²) in [5.74, 6) is 3.07. The number of rotatable bonds is 17. The smallest absolute Gasteiger partial charge is 0.272 e. The molecule has 1 heterocycles. The van der Waals surface area contributed by atoms with Gasteiger partial charge in [-0.05, 0) is 168 Å². The van der Waals surface area contributed by atoms with Crippen LogP contribution in [0.5, 0.6) is 23.0 Å². The second kappa shape index (κ2) is 20.4. The molecule has 9 aromatic carbocycles. The predicted molar refractivity (Wildman–Crippen MR) is 291 cm³/mol. The Kier molecular flexibility index (Phi) is 13.4. The first-order valence-corrected chi connectivity index (χ1v) is 25.1. The van der Waals surface area contributed by atoms with Crippen LogP contribution in [0.15, 0.2) is 212 Å². The number of methoxy groups -OCH3 is 4. The lowest BCUT2D eigenvalue weighted by atomic mass is 9.94. The highest BCUT2D eigenvalue weighted by atomic mass is 32.2. The molecule has 1 aromatic heterocycles. The van der Waals surface area contributed by atoms with Crippen molar-refractivity contribution >= 4 is 66.0 Å². The molecule has 10 nitrogen and oxygen atoms in total. The number of nitrogens with zero attached hydrogens (tertiary/aromatic N) is 3. The maximum Gasteiger partial charge on any atom is 0.272 e. The zero-order chi connectivity index (χ0) is 49.8. The highest BCUT2D eigenvalue weighted by molar-refractivity contribution is 7.86. The number of hydrogen-bond acceptors (Lipinski definition) is 8. The minimum Gasteiger partial charge on any atom is -0.497 e. The average molecular weight is 972 g/mol. The molecule has 0 fully saturated rings. The van der Waals surface area contributed by atoms with Gasteiger partial charge in [-0.25, -0.2) is 0 Å². The Labute approximate surface area is 420 Å². The molecule has 0 aliphatic heterocycles. The molecule has 0 bridgehead atoms. The molecule has 0 saturated carbocycles. The van der Waals surface area contributed by atoms with Crippen molar-refractivity contribution in [2.45, 2.75) is 18.2 Å². The molecule has 0 aliphatic rings. The number of aryl methyl sites for hydroxylation is 1. The van der Waals surface area contributed by atoms with Crippen LogP contribution < -0.4 is 28.7 Å². The molecule has 360 valence electrons. The molecular weight excluding hydrogens is 919 g/mol. The van der Waals surface area contributed by atoms with Crippen molar-refractivity contribution in [1.29, 1.82) is 0 Å². The summed E-state index contributed by atoms with van der Waals surface area (Å²) in [5, 5.41) is 0.947. The van der Waals surface area contributed by atoms with Gasteiger partial charge in [0.25, 0.3) is 10.1 Å². The Balaban J connectivity index is 1.11. The second-order valence-corrected chi connectivity index (χ2v) is 18.9. The molecule has 0 aliphatic carbocycles. The van der Waals surface area contributed by atoms with Gasteiger partial charge in [0.05, 0.1) is 28.4 Å². The van der Waals surface area contributed by atoms with Crippen LogP contribution in [0.4, 0.5) is 34.1 Å². The zero-order valence-corrected chi connectivity index (χ0v) is 41.2. The van der Waals surface area contributed by atoms with Gasteiger partial charge in [0.15, 0.2) is 0 Å². The van der Waals surface area contributed by atoms with Crippen LogP contribution in [-0.4, -0.2) is 46.0 Å². The summed E-state index contributed by atoms with van der Waals surface area (Å²) >= 11 is 0. The summed E-state index contributed by atoms with van der Waals surface area (Å²) in [6.45, 7) is 0.321. The number of ether oxygens (including phenoxy) is 4. The summed E-state index contributed by atoms with van der Waals surface area (Å²) in [6, 6.07) is 70.7. The molecule has 10 aromatic rings. The topological polar surface area (TPSA) is 103 Å². The fourth-order valence-corrected chi connectivity index (χ4v) is 10.6. The molecule has 1 N–H and O–H groups in total. The second-order valence-electron chi connectivity index (χ2n) is 17.3. The largest absolute Gasteiger partial charge is 0.497 e. The van der Waals surface area contributed by atoms with E-state index in [1.807, 2.05) is 103 Å². The van der Waals surface area contributed by atoms with Crippen LogP contribution in [0, 0.1) is 0 Å². The fraction of sp³-hybridized carbons (Fsp3) is 0.115. The van der Waals surface area contributed by atoms with Gasteiger partial charge in [-0.3, -0.25) is 4.55 Å². The Morgan fingerprint density at radius 2 is 0.736 bits per heavy atom. The van der Waals surface area contributed by atoms with Crippen LogP contribution in [0.25, 0.3) is 44.1 Å². The van der Waals surface area contributed by atoms with Crippen LogP contribution in [0.2, 0.25) is 0 Å². The molecule has 11 heteroatoms. The number of anilines is 6. The number of benzene rings is 9. The van der Waals surface area contributed by atoms with Gasteiger partial charge in [-0.15, -0.1) is 0 Å². The van der Waals surface area contributed by atoms with Crippen LogP contribution in [0.1, 0.15) is 17.2 Å². The van der Waals surface area contributed by atoms with E-state index in [0.29, 0.717) is 12.1 Å². The summed E-state index contributed by atoms with van der Waals surface area (Å²) in [6.07, 6.45) is 0.151. The first-order valence-electron chi connectivity index (χ1n) is 23.6. The number of hydrogen-bond donors (Lipinski definition) is 1. The van der Waals surface area contributed by atoms with E-state index in [-0.39, 0.29) is 6.42 Å². The normalized spacial score (nSPS) is 11.8. The van der Waals surface area contributed by atoms with Gasteiger partial charge in [0, 0.05) is 62.5 Å². The third kappa shape index (κ3) is 9.43. The van der Waals surface area contributed by atoms with Crippen molar-refractivity contribution in [3.63, 3.8) is 0 Å². The molecule has 0 saturated heterocycles. The van der Waals surface area contributed by atoms with Gasteiger partial charge in [-0.2, -0.15) is 8.42 Å². The third-order valence-corrected chi connectivity index (χ3v) is 14.5. The average Bonchev–Trinajstić information content (AvgIpc) is 3.76. The van der Waals surface area contributed by atoms with E-state index in [1.165, 1.54) is 0 Å². The zero-order valence-electron chi connectivity index (χ0n) is 40.3. The molecule has 0 amide bonds. The summed E-state index contributed by atoms with van der Waals surface area (Å²) in [5.41, 5.74) is 12.3. The molecule has 1 atom stereocenters. The summed E-state index contributed by atoms with van der Waals surface area (Å²) in [7, 11) is 2.21. The summed E-state index contributed by atoms with van der Waals surface area (Å²) < 4.78 is 60.9. The third-order valence-electron chi connectivity index (χ3n) is 13.3. The minimum absolute atomic E-state index is 0.151. The van der Waals surface area contributed by atoms with Crippen LogP contribution in [0.3, 0.4) is 0 Å². The van der Waals surface area contributed by atoms with E-state index in [1.54, 1.807) is 52.7 Å². The van der Waals surface area contributed by atoms with Crippen LogP contribution in [-0.2, 0) is 16.7 Å². The molecule has 0 spiro atoms. The monoisotopic (exact) mass is 971 g/mol. The Hall–Kier alpha value is -8.51. The van der Waals surface area contributed by atoms with Crippen molar-refractivity contribution in [1.82, 2.24) is 4.57 Å². The lowest BCUT2D eigenvalue weighted by Gasteiger charge is -2.26. The van der Waals surface area contributed by atoms with Gasteiger partial charge in [0.1, 0.15) is 28.2 Å². The van der Waals surface area contributed by atoms with E-state index in [0.717, 1.165) is 101 Å². The van der Waals surface area contributed by atoms with Gasteiger partial charge < -0.3 is 33.3 Å². The molecule has 1 unspecified atom stereocenters. The van der Waals surface area contributed by atoms with E-state index >= 15 is 0 Å². The maximum atomic E-state index is 13.0. The van der Waals surface area contributed by atoms with Crippen molar-refractivity contribution in [2.24, 2.45) is 0 Å². The Morgan fingerprint density at radius 1 is 0.417 bits per heavy atom. The van der Waals surface area contributed by atoms with Crippen molar-refractivity contribution < 1.29 is 31.9 Å². The highest BCUT2D eigenvalue weighted by Gasteiger charge is 2.27. The van der Waals surface area contributed by atoms with E-state index in [2.05, 4.69) is 99.3 Å². The standard InChI is InChI=1S/C61H53N3O7S/c1-68-51-32-24-47(25-33-51)63(48-26-34-52(69-2)35-27-48)45-20-16-42(17-21-45)55-12-8-14-57-60(55)61-56(13-9-15-58(61)62(57)41-40-59(72(65,66)67)44-10-6-5-7-11-44)43-18-22-46(23-19-43)64(49-28-36-53(70-3)37-29-49)50-30-38-54(71-4)39-31-50/h5-39,59H,40-41H2,1-4H3,(H,65,66,67). The van der Waals surface area contributed by atoms with E-state index < -0.39 is 15.4 Å². The quantitative estimate of drug-likeness (QED) is 0.0894.